The Labute approximate surface area is 142 Å². The molecule has 0 aromatic heterocycles. The monoisotopic (exact) mass is 322 g/mol. The van der Waals surface area contributed by atoms with Crippen LogP contribution in [0.25, 0.3) is 6.08 Å². The molecule has 0 bridgehead atoms. The van der Waals surface area contributed by atoms with Crippen molar-refractivity contribution < 1.29 is 9.47 Å². The summed E-state index contributed by atoms with van der Waals surface area (Å²) in [6.07, 6.45) is 4.22. The number of methoxy groups -OCH3 is 1. The highest BCUT2D eigenvalue weighted by Gasteiger charge is 2.57. The molecule has 2 N–H and O–H groups in total. The highest BCUT2D eigenvalue weighted by Crippen LogP contribution is 2.55. The van der Waals surface area contributed by atoms with Crippen molar-refractivity contribution in [2.75, 3.05) is 24.8 Å². The van der Waals surface area contributed by atoms with E-state index in [0.29, 0.717) is 11.4 Å². The Morgan fingerprint density at radius 3 is 2.62 bits per heavy atom. The standard InChI is InChI=1S/C20H22N2O2/c1-19(2)15-7-5-6-8-16(15)22(3)20(19)10-9-13-11-14(21)12-17(23-4)18(13)24-20/h5-12H,21H2,1-4H3. The molecular weight excluding hydrogens is 300 g/mol. The van der Waals surface area contributed by atoms with Gasteiger partial charge in [-0.1, -0.05) is 18.2 Å². The molecule has 24 heavy (non-hydrogen) atoms. The summed E-state index contributed by atoms with van der Waals surface area (Å²) in [6.45, 7) is 4.43. The minimum atomic E-state index is -0.604. The summed E-state index contributed by atoms with van der Waals surface area (Å²) in [5.74, 6) is 1.40. The van der Waals surface area contributed by atoms with Crippen LogP contribution < -0.4 is 20.1 Å². The fourth-order valence-electron chi connectivity index (χ4n) is 4.02. The molecule has 1 spiro atoms. The third-order valence-corrected chi connectivity index (χ3v) is 5.40. The van der Waals surface area contributed by atoms with Crippen LogP contribution in [0.4, 0.5) is 11.4 Å². The van der Waals surface area contributed by atoms with Crippen molar-refractivity contribution in [2.24, 2.45) is 0 Å². The molecule has 4 nitrogen and oxygen atoms in total. The zero-order valence-electron chi connectivity index (χ0n) is 14.5. The number of ether oxygens (including phenoxy) is 2. The lowest BCUT2D eigenvalue weighted by Gasteiger charge is -2.46. The molecule has 0 saturated carbocycles. The summed E-state index contributed by atoms with van der Waals surface area (Å²) in [4.78, 5) is 2.21. The Kier molecular flexibility index (Phi) is 2.92. The topological polar surface area (TPSA) is 47.7 Å². The summed E-state index contributed by atoms with van der Waals surface area (Å²) < 4.78 is 12.1. The molecule has 0 amide bonds. The smallest absolute Gasteiger partial charge is 0.212 e. The zero-order valence-corrected chi connectivity index (χ0v) is 14.5. The fraction of sp³-hybridized carbons (Fsp3) is 0.300. The first-order chi connectivity index (χ1) is 11.4. The average Bonchev–Trinajstić information content (AvgIpc) is 2.74. The molecule has 124 valence electrons. The van der Waals surface area contributed by atoms with Crippen LogP contribution in [-0.4, -0.2) is 19.9 Å². The van der Waals surface area contributed by atoms with E-state index in [1.54, 1.807) is 13.2 Å². The van der Waals surface area contributed by atoms with Crippen LogP contribution in [0, 0.1) is 0 Å². The van der Waals surface area contributed by atoms with Gasteiger partial charge in [-0.25, -0.2) is 0 Å². The second kappa shape index (κ2) is 4.69. The maximum atomic E-state index is 6.63. The van der Waals surface area contributed by atoms with Gasteiger partial charge in [0.15, 0.2) is 11.5 Å². The van der Waals surface area contributed by atoms with Gasteiger partial charge >= 0.3 is 0 Å². The maximum Gasteiger partial charge on any atom is 0.212 e. The number of para-hydroxylation sites is 1. The van der Waals surface area contributed by atoms with Crippen LogP contribution >= 0.6 is 0 Å². The van der Waals surface area contributed by atoms with Crippen LogP contribution in [0.15, 0.2) is 42.5 Å². The first-order valence-electron chi connectivity index (χ1n) is 8.10. The highest BCUT2D eigenvalue weighted by molar-refractivity contribution is 5.75. The second-order valence-electron chi connectivity index (χ2n) is 6.97. The van der Waals surface area contributed by atoms with E-state index in [9.17, 15) is 0 Å². The van der Waals surface area contributed by atoms with Crippen LogP contribution in [0.3, 0.4) is 0 Å². The van der Waals surface area contributed by atoms with E-state index in [4.69, 9.17) is 15.2 Å². The van der Waals surface area contributed by atoms with Crippen molar-refractivity contribution in [3.05, 3.63) is 53.6 Å². The van der Waals surface area contributed by atoms with Crippen LogP contribution in [0.2, 0.25) is 0 Å². The van der Waals surface area contributed by atoms with Crippen molar-refractivity contribution in [1.82, 2.24) is 0 Å². The molecule has 1 atom stereocenters. The Hall–Kier alpha value is -2.62. The quantitative estimate of drug-likeness (QED) is 0.811. The largest absolute Gasteiger partial charge is 0.493 e. The Morgan fingerprint density at radius 1 is 1.17 bits per heavy atom. The lowest BCUT2D eigenvalue weighted by molar-refractivity contribution is 0.0552. The van der Waals surface area contributed by atoms with Gasteiger partial charge in [0.2, 0.25) is 5.72 Å². The van der Waals surface area contributed by atoms with E-state index < -0.39 is 5.72 Å². The molecular formula is C20H22N2O2. The van der Waals surface area contributed by atoms with Crippen LogP contribution in [-0.2, 0) is 5.41 Å². The lowest BCUT2D eigenvalue weighted by atomic mass is 9.76. The van der Waals surface area contributed by atoms with E-state index in [1.165, 1.54) is 11.3 Å². The SMILES string of the molecule is COc1cc(N)cc2c1OC1(C=C2)N(C)c2ccccc2C1(C)C. The number of rotatable bonds is 1. The summed E-state index contributed by atoms with van der Waals surface area (Å²) in [6, 6.07) is 12.2. The fourth-order valence-corrected chi connectivity index (χ4v) is 4.02. The Bertz CT molecular complexity index is 857. The number of likely N-dealkylation sites (N-methyl/N-ethyl adjacent to an activating group) is 1. The van der Waals surface area contributed by atoms with E-state index >= 15 is 0 Å². The van der Waals surface area contributed by atoms with Crippen LogP contribution in [0.5, 0.6) is 11.5 Å². The Morgan fingerprint density at radius 2 is 1.92 bits per heavy atom. The Balaban J connectivity index is 1.91. The summed E-state index contributed by atoms with van der Waals surface area (Å²) in [5.41, 5.74) is 9.21. The molecule has 4 heteroatoms. The number of nitrogens with two attached hydrogens (primary N) is 1. The minimum Gasteiger partial charge on any atom is -0.493 e. The number of hydrogen-bond acceptors (Lipinski definition) is 4. The molecule has 0 radical (unpaired) electrons. The van der Waals surface area contributed by atoms with Gasteiger partial charge in [0, 0.05) is 30.1 Å². The summed E-state index contributed by atoms with van der Waals surface area (Å²) >= 11 is 0. The van der Waals surface area contributed by atoms with Gasteiger partial charge in [0.1, 0.15) is 0 Å². The summed E-state index contributed by atoms with van der Waals surface area (Å²) in [7, 11) is 3.72. The zero-order chi connectivity index (χ0) is 17.1. The number of nitrogens with zero attached hydrogens (tertiary/aromatic N) is 1. The first-order valence-corrected chi connectivity index (χ1v) is 8.10. The molecule has 0 saturated heterocycles. The molecule has 1 unspecified atom stereocenters. The van der Waals surface area contributed by atoms with Gasteiger partial charge < -0.3 is 20.1 Å². The van der Waals surface area contributed by atoms with Gasteiger partial charge in [-0.3, -0.25) is 0 Å². The molecule has 2 aliphatic heterocycles. The van der Waals surface area contributed by atoms with E-state index in [0.717, 1.165) is 11.3 Å². The van der Waals surface area contributed by atoms with Crippen molar-refractivity contribution in [2.45, 2.75) is 25.0 Å². The maximum absolute atomic E-state index is 6.63. The molecule has 0 aliphatic carbocycles. The first kappa shape index (κ1) is 14.9. The van der Waals surface area contributed by atoms with E-state index in [2.05, 4.69) is 62.2 Å². The molecule has 2 aromatic rings. The lowest BCUT2D eigenvalue weighted by Crippen LogP contribution is -2.58. The number of anilines is 2. The summed E-state index contributed by atoms with van der Waals surface area (Å²) in [5, 5.41) is 0. The predicted molar refractivity (Wildman–Crippen MR) is 97.7 cm³/mol. The molecule has 4 rings (SSSR count). The minimum absolute atomic E-state index is 0.223. The third kappa shape index (κ3) is 1.68. The van der Waals surface area contributed by atoms with Crippen molar-refractivity contribution in [1.29, 1.82) is 0 Å². The highest BCUT2D eigenvalue weighted by atomic mass is 16.5. The second-order valence-corrected chi connectivity index (χ2v) is 6.97. The van der Waals surface area contributed by atoms with Gasteiger partial charge in [0.05, 0.1) is 12.5 Å². The molecule has 2 aliphatic rings. The van der Waals surface area contributed by atoms with Crippen molar-refractivity contribution in [3.63, 3.8) is 0 Å². The molecule has 2 heterocycles. The normalized spacial score (nSPS) is 22.9. The van der Waals surface area contributed by atoms with Gasteiger partial charge in [0.25, 0.3) is 0 Å². The molecule has 0 fully saturated rings. The number of benzene rings is 2. The van der Waals surface area contributed by atoms with Gasteiger partial charge in [-0.15, -0.1) is 0 Å². The van der Waals surface area contributed by atoms with E-state index in [1.807, 2.05) is 6.07 Å². The van der Waals surface area contributed by atoms with Gasteiger partial charge in [-0.2, -0.15) is 0 Å². The van der Waals surface area contributed by atoms with E-state index in [-0.39, 0.29) is 5.41 Å². The predicted octanol–water partition coefficient (Wildman–Crippen LogP) is 3.81. The van der Waals surface area contributed by atoms with Crippen molar-refractivity contribution >= 4 is 17.5 Å². The number of fused-ring (bicyclic) bond motifs is 2. The number of hydrogen-bond donors (Lipinski definition) is 1. The van der Waals surface area contributed by atoms with Crippen molar-refractivity contribution in [3.8, 4) is 11.5 Å². The number of nitrogen functional groups attached to an aromatic ring is 1. The molecule has 2 aromatic carbocycles. The average molecular weight is 322 g/mol. The van der Waals surface area contributed by atoms with Gasteiger partial charge in [-0.05, 0) is 43.7 Å². The van der Waals surface area contributed by atoms with Crippen LogP contribution in [0.1, 0.15) is 25.0 Å². The third-order valence-electron chi connectivity index (χ3n) is 5.40.